The molecule has 2 aliphatic carbocycles. The molecule has 0 heterocycles. The van der Waals surface area contributed by atoms with Crippen LogP contribution in [0.4, 0.5) is 17.1 Å². The summed E-state index contributed by atoms with van der Waals surface area (Å²) in [4.78, 5) is 2.50. The quantitative estimate of drug-likeness (QED) is 0.131. The van der Waals surface area contributed by atoms with Gasteiger partial charge in [-0.1, -0.05) is 237 Å². The lowest BCUT2D eigenvalue weighted by molar-refractivity contribution is 0.761. The second-order valence-electron chi connectivity index (χ2n) is 18.7. The molecule has 1 heteroatoms. The Bertz CT molecular complexity index is 3790. The van der Waals surface area contributed by atoms with Gasteiger partial charge in [-0.25, -0.2) is 0 Å². The molecule has 0 amide bonds. The van der Waals surface area contributed by atoms with Crippen LogP contribution >= 0.6 is 0 Å². The van der Waals surface area contributed by atoms with Gasteiger partial charge in [-0.2, -0.15) is 0 Å². The van der Waals surface area contributed by atoms with Crippen molar-refractivity contribution < 1.29 is 0 Å². The van der Waals surface area contributed by atoms with Crippen molar-refractivity contribution in [1.82, 2.24) is 0 Å². The molecule has 11 aromatic carbocycles. The lowest BCUT2D eigenvalue weighted by atomic mass is 9.66. The van der Waals surface area contributed by atoms with Crippen molar-refractivity contribution in [3.05, 3.63) is 324 Å². The maximum Gasteiger partial charge on any atom is 0.0714 e. The number of rotatable bonds is 9. The first-order valence-corrected chi connectivity index (χ1v) is 24.4. The molecule has 0 bridgehead atoms. The van der Waals surface area contributed by atoms with E-state index in [-0.39, 0.29) is 0 Å². The molecule has 11 aromatic rings. The number of hydrogen-bond acceptors (Lipinski definition) is 1. The van der Waals surface area contributed by atoms with E-state index in [1.807, 2.05) is 0 Å². The lowest BCUT2D eigenvalue weighted by Gasteiger charge is -2.36. The van der Waals surface area contributed by atoms with Crippen LogP contribution in [-0.4, -0.2) is 0 Å². The summed E-state index contributed by atoms with van der Waals surface area (Å²) in [6.07, 6.45) is 6.54. The Morgan fingerprint density at radius 3 is 1.33 bits per heavy atom. The molecule has 13 rings (SSSR count). The van der Waals surface area contributed by atoms with Crippen molar-refractivity contribution in [1.29, 1.82) is 0 Å². The molecule has 0 radical (unpaired) electrons. The molecule has 330 valence electrons. The van der Waals surface area contributed by atoms with E-state index in [4.69, 9.17) is 0 Å². The fraction of sp³-hybridized carbons (Fsp3) is 0.0435. The molecule has 0 saturated heterocycles. The molecule has 2 aliphatic rings. The highest BCUT2D eigenvalue weighted by Gasteiger charge is 2.48. The molecule has 0 fully saturated rings. The zero-order chi connectivity index (χ0) is 46.8. The highest BCUT2D eigenvalue weighted by Crippen LogP contribution is 2.59. The molecule has 0 unspecified atom stereocenters. The van der Waals surface area contributed by atoms with Gasteiger partial charge in [0.15, 0.2) is 0 Å². The Labute approximate surface area is 410 Å². The molecule has 0 saturated carbocycles. The Balaban J connectivity index is 1.11. The predicted octanol–water partition coefficient (Wildman–Crippen LogP) is 17.8. The summed E-state index contributed by atoms with van der Waals surface area (Å²) in [6.45, 7) is 6.58. The maximum absolute atomic E-state index is 4.46. The van der Waals surface area contributed by atoms with Gasteiger partial charge in [0.1, 0.15) is 0 Å². The Morgan fingerprint density at radius 1 is 0.343 bits per heavy atom. The van der Waals surface area contributed by atoms with Gasteiger partial charge in [0.05, 0.1) is 10.8 Å². The molecule has 1 nitrogen and oxygen atoms in total. The summed E-state index contributed by atoms with van der Waals surface area (Å²) in [5, 5.41) is 7.50. The van der Waals surface area contributed by atoms with Crippen LogP contribution in [0, 0.1) is 0 Å². The minimum atomic E-state index is -0.615. The number of nitrogens with zero attached hydrogens (tertiary/aromatic N) is 1. The zero-order valence-corrected chi connectivity index (χ0v) is 39.1. The van der Waals surface area contributed by atoms with Gasteiger partial charge in [-0.15, -0.1) is 0 Å². The minimum Gasteiger partial charge on any atom is -0.310 e. The van der Waals surface area contributed by atoms with Crippen molar-refractivity contribution in [2.45, 2.75) is 17.8 Å². The third-order valence-corrected chi connectivity index (χ3v) is 15.3. The molecule has 0 aliphatic heterocycles. The third kappa shape index (κ3) is 5.91. The van der Waals surface area contributed by atoms with Gasteiger partial charge in [0.2, 0.25) is 0 Å². The fourth-order valence-electron chi connectivity index (χ4n) is 12.5. The van der Waals surface area contributed by atoms with Crippen LogP contribution in [0.25, 0.3) is 49.0 Å². The number of anilines is 3. The van der Waals surface area contributed by atoms with E-state index in [1.165, 1.54) is 93.5 Å². The van der Waals surface area contributed by atoms with E-state index in [1.54, 1.807) is 0 Å². The fourth-order valence-corrected chi connectivity index (χ4v) is 12.5. The summed E-state index contributed by atoms with van der Waals surface area (Å²) >= 11 is 0. The van der Waals surface area contributed by atoms with Crippen LogP contribution in [0.3, 0.4) is 0 Å². The largest absolute Gasteiger partial charge is 0.310 e. The maximum atomic E-state index is 4.46. The first-order chi connectivity index (χ1) is 34.7. The van der Waals surface area contributed by atoms with E-state index in [2.05, 4.69) is 285 Å². The number of hydrogen-bond donors (Lipinski definition) is 0. The van der Waals surface area contributed by atoms with E-state index < -0.39 is 10.8 Å². The molecule has 0 spiro atoms. The molecular formula is C69H49N. The Kier molecular flexibility index (Phi) is 9.75. The molecule has 0 atom stereocenters. The smallest absolute Gasteiger partial charge is 0.0714 e. The van der Waals surface area contributed by atoms with Crippen molar-refractivity contribution in [2.24, 2.45) is 0 Å². The van der Waals surface area contributed by atoms with E-state index in [9.17, 15) is 0 Å². The average Bonchev–Trinajstić information content (AvgIpc) is 3.89. The standard InChI is InChI=1S/C69H49N/c1-3-23-64-54(4-2)61-42-39-53(46-67(61)69(64,49-28-13-7-14-29-49)50-30-15-8-16-31-50)70(51-38-41-59-57-34-18-17-32-55(57)56-33-19-20-35-58(56)62(59)44-51)52-40-43-66-63(45-52)60-36-21-22-37-65(60)68(66,47-24-9-5-10-25-47)48-26-11-6-12-27-48/h3-46H,2H2,1H3/b23-3-. The third-order valence-electron chi connectivity index (χ3n) is 15.3. The van der Waals surface area contributed by atoms with Gasteiger partial charge < -0.3 is 4.90 Å². The zero-order valence-electron chi connectivity index (χ0n) is 39.1. The molecular weight excluding hydrogens is 843 g/mol. The van der Waals surface area contributed by atoms with Crippen LogP contribution in [0.5, 0.6) is 0 Å². The van der Waals surface area contributed by atoms with Crippen molar-refractivity contribution in [2.75, 3.05) is 4.90 Å². The van der Waals surface area contributed by atoms with Gasteiger partial charge >= 0.3 is 0 Å². The minimum absolute atomic E-state index is 0.505. The highest BCUT2D eigenvalue weighted by atomic mass is 15.1. The van der Waals surface area contributed by atoms with Crippen molar-refractivity contribution >= 4 is 55.0 Å². The Morgan fingerprint density at radius 2 is 0.771 bits per heavy atom. The first kappa shape index (κ1) is 41.4. The normalized spacial score (nSPS) is 14.2. The number of benzene rings is 11. The first-order valence-electron chi connectivity index (χ1n) is 24.4. The van der Waals surface area contributed by atoms with Gasteiger partial charge in [-0.3, -0.25) is 0 Å². The van der Waals surface area contributed by atoms with Gasteiger partial charge in [-0.05, 0) is 142 Å². The predicted molar refractivity (Wildman–Crippen MR) is 296 cm³/mol. The molecule has 0 N–H and O–H groups in total. The van der Waals surface area contributed by atoms with E-state index in [0.717, 1.165) is 22.6 Å². The van der Waals surface area contributed by atoms with E-state index in [0.29, 0.717) is 0 Å². The summed E-state index contributed by atoms with van der Waals surface area (Å²) < 4.78 is 0. The van der Waals surface area contributed by atoms with Crippen molar-refractivity contribution in [3.63, 3.8) is 0 Å². The average molecular weight is 892 g/mol. The van der Waals surface area contributed by atoms with Crippen LogP contribution in [0.15, 0.2) is 279 Å². The summed E-state index contributed by atoms with van der Waals surface area (Å²) in [5.74, 6) is 0. The van der Waals surface area contributed by atoms with Crippen LogP contribution in [-0.2, 0) is 10.8 Å². The highest BCUT2D eigenvalue weighted by molar-refractivity contribution is 6.25. The SMILES string of the molecule is C=CC1=C(/C=C\C)C(c2ccccc2)(c2ccccc2)c2cc(N(c3ccc4c(c3)-c3ccccc3C4(c3ccccc3)c3ccccc3)c3ccc4c5ccccc5c5ccccc5c4c3)ccc21. The monoisotopic (exact) mass is 891 g/mol. The van der Waals surface area contributed by atoms with Crippen molar-refractivity contribution in [3.8, 4) is 11.1 Å². The number of fused-ring (bicyclic) bond motifs is 10. The van der Waals surface area contributed by atoms with Gasteiger partial charge in [0.25, 0.3) is 0 Å². The topological polar surface area (TPSA) is 3.24 Å². The lowest BCUT2D eigenvalue weighted by Crippen LogP contribution is -2.29. The van der Waals surface area contributed by atoms with Crippen LogP contribution in [0.2, 0.25) is 0 Å². The van der Waals surface area contributed by atoms with Crippen LogP contribution in [0.1, 0.15) is 51.4 Å². The molecule has 0 aromatic heterocycles. The summed E-state index contributed by atoms with van der Waals surface area (Å²) in [5.41, 5.74) is 16.9. The van der Waals surface area contributed by atoms with E-state index >= 15 is 0 Å². The second kappa shape index (κ2) is 16.5. The molecule has 70 heavy (non-hydrogen) atoms. The van der Waals surface area contributed by atoms with Crippen LogP contribution < -0.4 is 4.90 Å². The summed E-state index contributed by atoms with van der Waals surface area (Å²) in [7, 11) is 0. The second-order valence-corrected chi connectivity index (χ2v) is 18.7. The Hall–Kier alpha value is -8.78. The number of allylic oxidation sites excluding steroid dienone is 5. The van der Waals surface area contributed by atoms with Gasteiger partial charge in [0, 0.05) is 17.1 Å². The summed E-state index contributed by atoms with van der Waals surface area (Å²) in [6, 6.07) is 92.5.